The highest BCUT2D eigenvalue weighted by molar-refractivity contribution is 6.30. The number of methoxy groups -OCH3 is 1. The molecule has 0 saturated carbocycles. The van der Waals surface area contributed by atoms with Crippen LogP contribution in [-0.4, -0.2) is 40.3 Å². The molecule has 33 heavy (non-hydrogen) atoms. The average molecular weight is 457 g/mol. The number of aromatic nitrogens is 2. The van der Waals surface area contributed by atoms with E-state index in [4.69, 9.17) is 21.3 Å². The molecule has 7 heteroatoms. The molecule has 0 spiro atoms. The highest BCUT2D eigenvalue weighted by atomic mass is 35.5. The number of aromatic amines is 1. The summed E-state index contributed by atoms with van der Waals surface area (Å²) in [5, 5.41) is 0.643. The summed E-state index contributed by atoms with van der Waals surface area (Å²) in [5.41, 5.74) is 3.97. The van der Waals surface area contributed by atoms with Crippen LogP contribution >= 0.6 is 11.6 Å². The summed E-state index contributed by atoms with van der Waals surface area (Å²) >= 11 is 5.99. The number of imidazole rings is 1. The topological polar surface area (TPSA) is 70.6 Å². The minimum Gasteiger partial charge on any atom is -0.497 e. The molecule has 0 fully saturated rings. The van der Waals surface area contributed by atoms with Crippen LogP contribution in [0.1, 0.15) is 17.0 Å². The fourth-order valence-electron chi connectivity index (χ4n) is 3.78. The molecule has 0 atom stereocenters. The van der Waals surface area contributed by atoms with Crippen molar-refractivity contribution in [2.24, 2.45) is 4.99 Å². The number of carbonyl (C=O) groups excluding carboxylic acids is 1. The summed E-state index contributed by atoms with van der Waals surface area (Å²) in [6, 6.07) is 22.7. The number of para-hydroxylation sites is 2. The molecule has 1 aromatic heterocycles. The Morgan fingerprint density at radius 3 is 2.52 bits per heavy atom. The van der Waals surface area contributed by atoms with Crippen LogP contribution in [0.25, 0.3) is 17.1 Å². The lowest BCUT2D eigenvalue weighted by Gasteiger charge is -2.18. The third-order valence-electron chi connectivity index (χ3n) is 5.48. The average Bonchev–Trinajstić information content (AvgIpc) is 3.40. The fraction of sp³-hybridized carbons (Fsp3) is 0.115. The molecule has 5 rings (SSSR count). The van der Waals surface area contributed by atoms with Crippen LogP contribution in [0.4, 0.5) is 0 Å². The van der Waals surface area contributed by atoms with E-state index in [0.717, 1.165) is 33.7 Å². The SMILES string of the molecule is COc1ccc(C2=NC(=Cc3ccc(Cl)cc3)C(=O)N2CCc2nc3ccccc3[nH]2)cc1. The van der Waals surface area contributed by atoms with E-state index in [0.29, 0.717) is 29.5 Å². The number of benzene rings is 3. The Hall–Kier alpha value is -3.90. The van der Waals surface area contributed by atoms with Crippen molar-refractivity contribution in [2.45, 2.75) is 6.42 Å². The smallest absolute Gasteiger partial charge is 0.278 e. The molecule has 0 bridgehead atoms. The number of amides is 1. The maximum atomic E-state index is 13.3. The lowest BCUT2D eigenvalue weighted by atomic mass is 10.1. The van der Waals surface area contributed by atoms with Crippen LogP contribution in [0.3, 0.4) is 0 Å². The fourth-order valence-corrected chi connectivity index (χ4v) is 3.90. The van der Waals surface area contributed by atoms with E-state index >= 15 is 0 Å². The Morgan fingerprint density at radius 2 is 1.79 bits per heavy atom. The zero-order valence-electron chi connectivity index (χ0n) is 18.0. The summed E-state index contributed by atoms with van der Waals surface area (Å²) in [6.45, 7) is 0.446. The number of H-pyrrole nitrogens is 1. The summed E-state index contributed by atoms with van der Waals surface area (Å²) < 4.78 is 5.27. The van der Waals surface area contributed by atoms with E-state index in [1.165, 1.54) is 0 Å². The van der Waals surface area contributed by atoms with Gasteiger partial charge in [-0.3, -0.25) is 9.69 Å². The molecule has 3 aromatic carbocycles. The number of nitrogens with zero attached hydrogens (tertiary/aromatic N) is 3. The van der Waals surface area contributed by atoms with Gasteiger partial charge in [-0.1, -0.05) is 35.9 Å². The minimum atomic E-state index is -0.146. The van der Waals surface area contributed by atoms with Crippen molar-refractivity contribution in [3.05, 3.63) is 100 Å². The Morgan fingerprint density at radius 1 is 1.03 bits per heavy atom. The van der Waals surface area contributed by atoms with Crippen molar-refractivity contribution in [1.82, 2.24) is 14.9 Å². The molecule has 1 aliphatic rings. The Labute approximate surface area is 196 Å². The van der Waals surface area contributed by atoms with E-state index in [9.17, 15) is 4.79 Å². The van der Waals surface area contributed by atoms with E-state index in [1.807, 2.05) is 60.7 Å². The predicted molar refractivity (Wildman–Crippen MR) is 130 cm³/mol. The number of rotatable bonds is 6. The number of amidine groups is 1. The van der Waals surface area contributed by atoms with Gasteiger partial charge < -0.3 is 9.72 Å². The Balaban J connectivity index is 1.45. The number of fused-ring (bicyclic) bond motifs is 1. The van der Waals surface area contributed by atoms with Crippen molar-refractivity contribution < 1.29 is 9.53 Å². The molecule has 1 aliphatic heterocycles. The molecular weight excluding hydrogens is 436 g/mol. The van der Waals surface area contributed by atoms with E-state index in [2.05, 4.69) is 9.97 Å². The van der Waals surface area contributed by atoms with Gasteiger partial charge in [-0.2, -0.15) is 0 Å². The second kappa shape index (κ2) is 8.92. The van der Waals surface area contributed by atoms with Crippen molar-refractivity contribution in [3.8, 4) is 5.75 Å². The zero-order chi connectivity index (χ0) is 22.8. The molecular formula is C26H21ClN4O2. The van der Waals surface area contributed by atoms with Crippen molar-refractivity contribution in [3.63, 3.8) is 0 Å². The van der Waals surface area contributed by atoms with Crippen molar-refractivity contribution in [2.75, 3.05) is 13.7 Å². The van der Waals surface area contributed by atoms with Crippen LogP contribution in [0.5, 0.6) is 5.75 Å². The maximum Gasteiger partial charge on any atom is 0.278 e. The van der Waals surface area contributed by atoms with Gasteiger partial charge in [-0.05, 0) is 60.2 Å². The Kier molecular flexibility index (Phi) is 5.67. The number of aliphatic imine (C=N–C) groups is 1. The van der Waals surface area contributed by atoms with Gasteiger partial charge in [0.05, 0.1) is 18.1 Å². The third kappa shape index (κ3) is 4.38. The molecule has 6 nitrogen and oxygen atoms in total. The molecule has 0 saturated heterocycles. The highest BCUT2D eigenvalue weighted by Crippen LogP contribution is 2.24. The first-order chi connectivity index (χ1) is 16.1. The van der Waals surface area contributed by atoms with Crippen molar-refractivity contribution in [1.29, 1.82) is 0 Å². The lowest BCUT2D eigenvalue weighted by Crippen LogP contribution is -2.34. The highest BCUT2D eigenvalue weighted by Gasteiger charge is 2.31. The Bertz CT molecular complexity index is 1340. The third-order valence-corrected chi connectivity index (χ3v) is 5.73. The second-order valence-electron chi connectivity index (χ2n) is 7.65. The normalized spacial score (nSPS) is 14.8. The predicted octanol–water partition coefficient (Wildman–Crippen LogP) is 5.10. The maximum absolute atomic E-state index is 13.3. The van der Waals surface area contributed by atoms with Gasteiger partial charge in [-0.15, -0.1) is 0 Å². The number of ether oxygens (including phenoxy) is 1. The van der Waals surface area contributed by atoms with Gasteiger partial charge in [0.15, 0.2) is 0 Å². The molecule has 0 radical (unpaired) electrons. The first-order valence-electron chi connectivity index (χ1n) is 10.6. The first-order valence-corrected chi connectivity index (χ1v) is 10.9. The first kappa shape index (κ1) is 21.0. The number of hydrogen-bond acceptors (Lipinski definition) is 4. The van der Waals surface area contributed by atoms with Crippen LogP contribution < -0.4 is 4.74 Å². The van der Waals surface area contributed by atoms with E-state index in [1.54, 1.807) is 30.2 Å². The van der Waals surface area contributed by atoms with Gasteiger partial charge in [0.1, 0.15) is 23.1 Å². The van der Waals surface area contributed by atoms with Crippen LogP contribution in [0.15, 0.2) is 83.5 Å². The standard InChI is InChI=1S/C26H21ClN4O2/c1-33-20-12-8-18(9-13-20)25-30-23(16-17-6-10-19(27)11-7-17)26(32)31(25)15-14-24-28-21-4-2-3-5-22(21)29-24/h2-13,16H,14-15H2,1H3,(H,28,29). The monoisotopic (exact) mass is 456 g/mol. The molecule has 1 amide bonds. The van der Waals surface area contributed by atoms with Crippen molar-refractivity contribution >= 4 is 40.5 Å². The van der Waals surface area contributed by atoms with Gasteiger partial charge in [0, 0.05) is 23.6 Å². The number of hydrogen-bond donors (Lipinski definition) is 1. The summed E-state index contributed by atoms with van der Waals surface area (Å²) in [7, 11) is 1.62. The van der Waals surface area contributed by atoms with Crippen LogP contribution in [0.2, 0.25) is 5.02 Å². The largest absolute Gasteiger partial charge is 0.497 e. The molecule has 2 heterocycles. The summed E-state index contributed by atoms with van der Waals surface area (Å²) in [4.78, 5) is 27.7. The van der Waals surface area contributed by atoms with E-state index < -0.39 is 0 Å². The van der Waals surface area contributed by atoms with Crippen LogP contribution in [0, 0.1) is 0 Å². The zero-order valence-corrected chi connectivity index (χ0v) is 18.7. The number of halogens is 1. The minimum absolute atomic E-state index is 0.146. The summed E-state index contributed by atoms with van der Waals surface area (Å²) in [6.07, 6.45) is 2.35. The number of nitrogens with one attached hydrogen (secondary N) is 1. The molecule has 164 valence electrons. The molecule has 1 N–H and O–H groups in total. The molecule has 4 aromatic rings. The van der Waals surface area contributed by atoms with Gasteiger partial charge >= 0.3 is 0 Å². The van der Waals surface area contributed by atoms with Gasteiger partial charge in [-0.25, -0.2) is 9.98 Å². The van der Waals surface area contributed by atoms with Gasteiger partial charge in [0.2, 0.25) is 0 Å². The molecule has 0 aliphatic carbocycles. The summed E-state index contributed by atoms with van der Waals surface area (Å²) in [5.74, 6) is 2.04. The van der Waals surface area contributed by atoms with Crippen LogP contribution in [-0.2, 0) is 11.2 Å². The quantitative estimate of drug-likeness (QED) is 0.410. The van der Waals surface area contributed by atoms with Gasteiger partial charge in [0.25, 0.3) is 5.91 Å². The second-order valence-corrected chi connectivity index (χ2v) is 8.09. The molecule has 0 unspecified atom stereocenters. The number of carbonyl (C=O) groups is 1. The lowest BCUT2D eigenvalue weighted by molar-refractivity contribution is -0.122. The van der Waals surface area contributed by atoms with E-state index in [-0.39, 0.29) is 5.91 Å².